The number of rotatable bonds is 2. The molecule has 6 fully saturated rings. The monoisotopic (exact) mass is 647 g/mol. The highest BCUT2D eigenvalue weighted by atomic mass is 32.1. The molecule has 2 saturated heterocycles. The molecule has 1 aromatic rings. The van der Waals surface area contributed by atoms with E-state index >= 15 is 0 Å². The van der Waals surface area contributed by atoms with Crippen LogP contribution in [-0.4, -0.2) is 40.5 Å². The van der Waals surface area contributed by atoms with Gasteiger partial charge in [0.05, 0.1) is 24.4 Å². The number of halogens is 3. The molecule has 0 aromatic heterocycles. The Bertz CT molecular complexity index is 1330. The Morgan fingerprint density at radius 2 is 1.78 bits per heavy atom. The molecule has 248 valence electrons. The van der Waals surface area contributed by atoms with Crippen LogP contribution in [-0.2, 0) is 15.7 Å². The van der Waals surface area contributed by atoms with Crippen molar-refractivity contribution < 1.29 is 27.8 Å². The highest BCUT2D eigenvalue weighted by Gasteiger charge is 2.71. The molecule has 4 saturated carbocycles. The summed E-state index contributed by atoms with van der Waals surface area (Å²) in [6.07, 6.45) is 4.55. The third-order valence-corrected chi connectivity index (χ3v) is 13.8. The number of fused-ring (bicyclic) bond motifs is 7. The third-order valence-electron chi connectivity index (χ3n) is 13.6. The van der Waals surface area contributed by atoms with Gasteiger partial charge in [0.2, 0.25) is 0 Å². The predicted octanol–water partition coefficient (Wildman–Crippen LogP) is 7.77. The van der Waals surface area contributed by atoms with E-state index in [4.69, 9.17) is 26.8 Å². The van der Waals surface area contributed by atoms with E-state index in [1.807, 2.05) is 0 Å². The first-order valence-corrected chi connectivity index (χ1v) is 17.5. The summed E-state index contributed by atoms with van der Waals surface area (Å²) in [5.74, 6) is 2.48. The average molecular weight is 648 g/mol. The fourth-order valence-electron chi connectivity index (χ4n) is 11.1. The number of hydrogen-bond acceptors (Lipinski definition) is 5. The summed E-state index contributed by atoms with van der Waals surface area (Å²) in [5.41, 5.74) is 3.97. The van der Waals surface area contributed by atoms with Crippen molar-refractivity contribution in [3.63, 3.8) is 0 Å². The molecule has 1 aromatic carbocycles. The highest BCUT2D eigenvalue weighted by molar-refractivity contribution is 7.80. The zero-order chi connectivity index (χ0) is 31.9. The summed E-state index contributed by atoms with van der Waals surface area (Å²) in [4.78, 5) is 0. The van der Waals surface area contributed by atoms with E-state index in [-0.39, 0.29) is 40.0 Å². The van der Waals surface area contributed by atoms with Gasteiger partial charge in [0, 0.05) is 35.1 Å². The second kappa shape index (κ2) is 11.2. The van der Waals surface area contributed by atoms with Crippen LogP contribution in [0, 0.1) is 52.3 Å². The minimum atomic E-state index is -4.39. The fourth-order valence-corrected chi connectivity index (χ4v) is 11.3. The number of nitrogens with one attached hydrogen (secondary N) is 2. The molecular formula is C35H48F3N3O3S. The standard InChI is InChI=1S/C35H48F3N3O3S/c1-19-11-14-34(43-18-19)20(2)30-28(44-34)16-27-25-10-7-22-15-24(42)12-13-32(22,3)26(25)17-29(33(27,30)4)40-41-31(45)39-23-8-5-21(6-9-23)35(36,37)38/h5-6,8-9,19-20,22,24-28,30,42H,7,10-18H2,1-4H3,(H2,39,41,45)/b40-29+/t19-,20+,22+,24+,25-,26+,27+,28+,30+,32+,33-,34-/m1/s1. The lowest BCUT2D eigenvalue weighted by atomic mass is 9.44. The average Bonchev–Trinajstić information content (AvgIpc) is 3.44. The van der Waals surface area contributed by atoms with Gasteiger partial charge in [0.15, 0.2) is 10.9 Å². The number of ether oxygens (including phenoxy) is 2. The Hall–Kier alpha value is -1.75. The van der Waals surface area contributed by atoms with Crippen LogP contribution in [0.15, 0.2) is 29.4 Å². The van der Waals surface area contributed by atoms with Crippen molar-refractivity contribution in [2.75, 3.05) is 11.9 Å². The van der Waals surface area contributed by atoms with Crippen LogP contribution < -0.4 is 10.7 Å². The third kappa shape index (κ3) is 5.15. The number of aliphatic hydroxyl groups is 1. The molecule has 6 aliphatic rings. The maximum Gasteiger partial charge on any atom is 0.416 e. The molecule has 3 N–H and O–H groups in total. The van der Waals surface area contributed by atoms with E-state index in [9.17, 15) is 18.3 Å². The van der Waals surface area contributed by atoms with E-state index in [0.29, 0.717) is 35.3 Å². The maximum absolute atomic E-state index is 13.1. The SMILES string of the molecule is C[C@@H]1CC[C@@]2(OC1)O[C@H]1C[C@H]3[C@@H]4CC[C@H]5C[C@@H](O)CC[C@]5(C)[C@H]4C/C(=N\NC(=S)Nc4ccc(C(F)(F)F)cc4)[C@]3(C)[C@H]1[C@@H]2C. The molecule has 7 rings (SSSR count). The highest BCUT2D eigenvalue weighted by Crippen LogP contribution is 2.70. The maximum atomic E-state index is 13.1. The van der Waals surface area contributed by atoms with Gasteiger partial charge in [-0.05, 0) is 123 Å². The smallest absolute Gasteiger partial charge is 0.393 e. The quantitative estimate of drug-likeness (QED) is 0.225. The second-order valence-electron chi connectivity index (χ2n) is 15.7. The molecule has 12 atom stereocenters. The van der Waals surface area contributed by atoms with Crippen LogP contribution in [0.25, 0.3) is 0 Å². The van der Waals surface area contributed by atoms with Gasteiger partial charge in [-0.1, -0.05) is 27.7 Å². The number of nitrogens with zero attached hydrogens (tertiary/aromatic N) is 1. The van der Waals surface area contributed by atoms with Crippen molar-refractivity contribution >= 4 is 28.7 Å². The van der Waals surface area contributed by atoms with Gasteiger partial charge in [0.25, 0.3) is 0 Å². The molecule has 2 aliphatic heterocycles. The van der Waals surface area contributed by atoms with Crippen LogP contribution in [0.4, 0.5) is 18.9 Å². The van der Waals surface area contributed by atoms with E-state index in [2.05, 4.69) is 38.4 Å². The normalized spacial score (nSPS) is 46.7. The van der Waals surface area contributed by atoms with Crippen molar-refractivity contribution in [1.29, 1.82) is 0 Å². The van der Waals surface area contributed by atoms with E-state index in [1.165, 1.54) is 25.0 Å². The molecule has 1 spiro atoms. The molecule has 0 unspecified atom stereocenters. The van der Waals surface area contributed by atoms with Crippen molar-refractivity contribution in [2.24, 2.45) is 57.4 Å². The first-order valence-electron chi connectivity index (χ1n) is 17.1. The van der Waals surface area contributed by atoms with Crippen LogP contribution in [0.5, 0.6) is 0 Å². The Labute approximate surface area is 270 Å². The van der Waals surface area contributed by atoms with Gasteiger partial charge in [-0.15, -0.1) is 0 Å². The summed E-state index contributed by atoms with van der Waals surface area (Å²) >= 11 is 5.61. The lowest BCUT2D eigenvalue weighted by Crippen LogP contribution is -2.58. The molecule has 0 amide bonds. The number of aliphatic hydroxyl groups excluding tert-OH is 1. The zero-order valence-electron chi connectivity index (χ0n) is 26.8. The molecule has 6 nitrogen and oxygen atoms in total. The predicted molar refractivity (Wildman–Crippen MR) is 171 cm³/mol. The van der Waals surface area contributed by atoms with Crippen LogP contribution in [0.2, 0.25) is 0 Å². The van der Waals surface area contributed by atoms with Crippen LogP contribution >= 0.6 is 12.2 Å². The number of benzene rings is 1. The fraction of sp³-hybridized carbons (Fsp3) is 0.771. The van der Waals surface area contributed by atoms with Gasteiger partial charge in [-0.2, -0.15) is 18.3 Å². The minimum absolute atomic E-state index is 0.114. The summed E-state index contributed by atoms with van der Waals surface area (Å²) in [7, 11) is 0. The number of hydrazone groups is 1. The van der Waals surface area contributed by atoms with E-state index in [1.54, 1.807) is 0 Å². The molecule has 2 heterocycles. The van der Waals surface area contributed by atoms with E-state index < -0.39 is 17.5 Å². The zero-order valence-corrected chi connectivity index (χ0v) is 27.6. The Morgan fingerprint density at radius 3 is 2.47 bits per heavy atom. The largest absolute Gasteiger partial charge is 0.416 e. The van der Waals surface area contributed by atoms with Gasteiger partial charge in [-0.3, -0.25) is 5.43 Å². The number of thiocarbonyl (C=S) groups is 1. The van der Waals surface area contributed by atoms with Crippen molar-refractivity contribution in [3.8, 4) is 0 Å². The lowest BCUT2D eigenvalue weighted by molar-refractivity contribution is -0.272. The second-order valence-corrected chi connectivity index (χ2v) is 16.2. The molecule has 4 aliphatic carbocycles. The molecule has 0 radical (unpaired) electrons. The van der Waals surface area contributed by atoms with E-state index in [0.717, 1.165) is 69.4 Å². The number of hydrogen-bond donors (Lipinski definition) is 3. The van der Waals surface area contributed by atoms with Gasteiger partial charge >= 0.3 is 6.18 Å². The summed E-state index contributed by atoms with van der Waals surface area (Å²) in [5, 5.41) is 18.9. The minimum Gasteiger partial charge on any atom is -0.393 e. The van der Waals surface area contributed by atoms with Crippen LogP contribution in [0.3, 0.4) is 0 Å². The number of alkyl halides is 3. The first kappa shape index (κ1) is 31.8. The molecule has 0 bridgehead atoms. The van der Waals surface area contributed by atoms with Crippen molar-refractivity contribution in [3.05, 3.63) is 29.8 Å². The summed E-state index contributed by atoms with van der Waals surface area (Å²) in [6.45, 7) is 10.2. The first-order chi connectivity index (χ1) is 21.2. The van der Waals surface area contributed by atoms with Crippen LogP contribution in [0.1, 0.15) is 91.0 Å². The topological polar surface area (TPSA) is 75.1 Å². The Kier molecular flexibility index (Phi) is 7.90. The van der Waals surface area contributed by atoms with Crippen molar-refractivity contribution in [2.45, 2.75) is 110 Å². The lowest BCUT2D eigenvalue weighted by Gasteiger charge is -2.61. The Morgan fingerprint density at radius 1 is 1.02 bits per heavy atom. The molecule has 10 heteroatoms. The Balaban J connectivity index is 1.19. The summed E-state index contributed by atoms with van der Waals surface area (Å²) < 4.78 is 52.7. The van der Waals surface area contributed by atoms with Gasteiger partial charge in [-0.25, -0.2) is 0 Å². The number of anilines is 1. The molecular weight excluding hydrogens is 599 g/mol. The van der Waals surface area contributed by atoms with Gasteiger partial charge in [0.1, 0.15) is 0 Å². The summed E-state index contributed by atoms with van der Waals surface area (Å²) in [6, 6.07) is 4.87. The van der Waals surface area contributed by atoms with Crippen molar-refractivity contribution in [1.82, 2.24) is 5.43 Å². The van der Waals surface area contributed by atoms with Gasteiger partial charge < -0.3 is 19.9 Å². The molecule has 45 heavy (non-hydrogen) atoms.